The summed E-state index contributed by atoms with van der Waals surface area (Å²) in [7, 11) is 0. The van der Waals surface area contributed by atoms with Gasteiger partial charge < -0.3 is 14.6 Å². The predicted molar refractivity (Wildman–Crippen MR) is 252 cm³/mol. The molecular weight excluding hydrogens is 717 g/mol. The van der Waals surface area contributed by atoms with Crippen molar-refractivity contribution in [2.24, 2.45) is 0 Å². The van der Waals surface area contributed by atoms with E-state index in [4.69, 9.17) is 9.47 Å². The Labute approximate surface area is 362 Å². The molecule has 0 radical (unpaired) electrons. The van der Waals surface area contributed by atoms with E-state index in [0.29, 0.717) is 12.8 Å². The minimum Gasteiger partial charge on any atom is -0.462 e. The Morgan fingerprint density at radius 3 is 0.983 bits per heavy atom. The van der Waals surface area contributed by atoms with Crippen molar-refractivity contribution in [1.82, 2.24) is 0 Å². The number of hydrogen-bond donors (Lipinski definition) is 1. The SMILES string of the molecule is CCCC/C=C\CCCCCCCC(=O)OC(CO)COC(=O)CCCCCCCCCCCCCCCCCCCCCCCCCCCCCCCCCCC. The van der Waals surface area contributed by atoms with Crippen molar-refractivity contribution in [3.63, 3.8) is 0 Å². The average molecular weight is 819 g/mol. The molecule has 0 saturated carbocycles. The summed E-state index contributed by atoms with van der Waals surface area (Å²) in [5.74, 6) is -0.587. The van der Waals surface area contributed by atoms with Crippen LogP contribution in [0.25, 0.3) is 0 Å². The largest absolute Gasteiger partial charge is 0.462 e. The maximum Gasteiger partial charge on any atom is 0.306 e. The Balaban J connectivity index is 3.34. The zero-order chi connectivity index (χ0) is 42.1. The molecule has 0 amide bonds. The Morgan fingerprint density at radius 2 is 0.655 bits per heavy atom. The third kappa shape index (κ3) is 47.3. The Hall–Kier alpha value is -1.36. The van der Waals surface area contributed by atoms with Crippen molar-refractivity contribution in [1.29, 1.82) is 0 Å². The first-order valence-electron chi connectivity index (χ1n) is 26.2. The Kier molecular flexibility index (Phi) is 48.8. The van der Waals surface area contributed by atoms with Crippen LogP contribution in [0.1, 0.15) is 296 Å². The first-order valence-corrected chi connectivity index (χ1v) is 26.2. The fourth-order valence-corrected chi connectivity index (χ4v) is 8.07. The van der Waals surface area contributed by atoms with Crippen LogP contribution < -0.4 is 0 Å². The molecule has 0 rings (SSSR count). The normalized spacial score (nSPS) is 12.1. The zero-order valence-electron chi connectivity index (χ0n) is 39.3. The van der Waals surface area contributed by atoms with Gasteiger partial charge in [0, 0.05) is 12.8 Å². The van der Waals surface area contributed by atoms with E-state index in [1.807, 2.05) is 0 Å². The molecule has 58 heavy (non-hydrogen) atoms. The monoisotopic (exact) mass is 819 g/mol. The molecule has 1 unspecified atom stereocenters. The van der Waals surface area contributed by atoms with Crippen LogP contribution in [0.15, 0.2) is 12.2 Å². The van der Waals surface area contributed by atoms with Gasteiger partial charge in [-0.25, -0.2) is 0 Å². The second-order valence-corrected chi connectivity index (χ2v) is 18.0. The molecule has 0 aromatic heterocycles. The molecule has 0 fully saturated rings. The molecule has 1 N–H and O–H groups in total. The molecule has 5 nitrogen and oxygen atoms in total. The van der Waals surface area contributed by atoms with Crippen LogP contribution >= 0.6 is 0 Å². The highest BCUT2D eigenvalue weighted by Gasteiger charge is 2.16. The van der Waals surface area contributed by atoms with Crippen molar-refractivity contribution in [2.45, 2.75) is 302 Å². The lowest BCUT2D eigenvalue weighted by atomic mass is 10.0. The van der Waals surface area contributed by atoms with Gasteiger partial charge in [-0.15, -0.1) is 0 Å². The van der Waals surface area contributed by atoms with E-state index in [-0.39, 0.29) is 25.2 Å². The van der Waals surface area contributed by atoms with Crippen LogP contribution in [-0.2, 0) is 19.1 Å². The number of ether oxygens (including phenoxy) is 2. The second-order valence-electron chi connectivity index (χ2n) is 18.0. The van der Waals surface area contributed by atoms with Gasteiger partial charge in [-0.1, -0.05) is 264 Å². The van der Waals surface area contributed by atoms with Crippen LogP contribution in [0, 0.1) is 0 Å². The van der Waals surface area contributed by atoms with Crippen molar-refractivity contribution < 1.29 is 24.2 Å². The van der Waals surface area contributed by atoms with Gasteiger partial charge in [0.25, 0.3) is 0 Å². The molecule has 0 heterocycles. The summed E-state index contributed by atoms with van der Waals surface area (Å²) < 4.78 is 10.6. The lowest BCUT2D eigenvalue weighted by molar-refractivity contribution is -0.161. The minimum absolute atomic E-state index is 0.0630. The molecule has 0 aliphatic heterocycles. The van der Waals surface area contributed by atoms with Gasteiger partial charge in [-0.05, 0) is 32.1 Å². The van der Waals surface area contributed by atoms with E-state index in [1.54, 1.807) is 0 Å². The number of aliphatic hydroxyl groups is 1. The maximum absolute atomic E-state index is 12.2. The average Bonchev–Trinajstić information content (AvgIpc) is 3.23. The molecule has 0 aliphatic carbocycles. The highest BCUT2D eigenvalue weighted by atomic mass is 16.6. The Bertz CT molecular complexity index is 840. The van der Waals surface area contributed by atoms with E-state index in [0.717, 1.165) is 38.5 Å². The molecule has 0 bridgehead atoms. The second kappa shape index (κ2) is 50.0. The zero-order valence-corrected chi connectivity index (χ0v) is 39.3. The number of carbonyl (C=O) groups is 2. The summed E-state index contributed by atoms with van der Waals surface area (Å²) in [5.41, 5.74) is 0. The molecule has 1 atom stereocenters. The molecule has 5 heteroatoms. The van der Waals surface area contributed by atoms with E-state index in [2.05, 4.69) is 26.0 Å². The minimum atomic E-state index is -0.769. The molecule has 0 aromatic carbocycles. The summed E-state index contributed by atoms with van der Waals surface area (Å²) in [6.07, 6.45) is 60.6. The highest BCUT2D eigenvalue weighted by molar-refractivity contribution is 5.70. The van der Waals surface area contributed by atoms with Crippen molar-refractivity contribution in [2.75, 3.05) is 13.2 Å². The van der Waals surface area contributed by atoms with Crippen LogP contribution in [0.5, 0.6) is 0 Å². The quantitative estimate of drug-likeness (QED) is 0.0376. The smallest absolute Gasteiger partial charge is 0.306 e. The molecular formula is C53H102O5. The number of hydrogen-bond acceptors (Lipinski definition) is 5. The molecule has 344 valence electrons. The predicted octanol–water partition coefficient (Wildman–Crippen LogP) is 17.2. The number of allylic oxidation sites excluding steroid dienone is 2. The van der Waals surface area contributed by atoms with Crippen molar-refractivity contribution >= 4 is 11.9 Å². The van der Waals surface area contributed by atoms with Gasteiger partial charge in [-0.2, -0.15) is 0 Å². The number of carbonyl (C=O) groups excluding carboxylic acids is 2. The molecule has 0 spiro atoms. The Morgan fingerprint density at radius 1 is 0.379 bits per heavy atom. The molecule has 0 aliphatic rings. The summed E-state index contributed by atoms with van der Waals surface area (Å²) in [6.45, 7) is 4.13. The summed E-state index contributed by atoms with van der Waals surface area (Å²) in [6, 6.07) is 0. The van der Waals surface area contributed by atoms with E-state index in [1.165, 1.54) is 231 Å². The van der Waals surface area contributed by atoms with Gasteiger partial charge in [0.1, 0.15) is 6.61 Å². The van der Waals surface area contributed by atoms with Crippen LogP contribution in [0.2, 0.25) is 0 Å². The first kappa shape index (κ1) is 56.6. The van der Waals surface area contributed by atoms with Gasteiger partial charge in [0.15, 0.2) is 6.10 Å². The third-order valence-electron chi connectivity index (χ3n) is 12.1. The van der Waals surface area contributed by atoms with E-state index in [9.17, 15) is 14.7 Å². The van der Waals surface area contributed by atoms with Gasteiger partial charge in [-0.3, -0.25) is 9.59 Å². The topological polar surface area (TPSA) is 72.8 Å². The maximum atomic E-state index is 12.2. The van der Waals surface area contributed by atoms with Crippen LogP contribution in [-0.4, -0.2) is 36.4 Å². The number of esters is 2. The third-order valence-corrected chi connectivity index (χ3v) is 12.1. The van der Waals surface area contributed by atoms with Crippen molar-refractivity contribution in [3.8, 4) is 0 Å². The number of aliphatic hydroxyl groups excluding tert-OH is 1. The van der Waals surface area contributed by atoms with Gasteiger partial charge >= 0.3 is 11.9 Å². The van der Waals surface area contributed by atoms with E-state index < -0.39 is 6.10 Å². The lowest BCUT2D eigenvalue weighted by Crippen LogP contribution is -2.28. The lowest BCUT2D eigenvalue weighted by Gasteiger charge is -2.15. The fraction of sp³-hybridized carbons (Fsp3) is 0.925. The summed E-state index contributed by atoms with van der Waals surface area (Å²) in [5, 5.41) is 9.57. The van der Waals surface area contributed by atoms with Crippen molar-refractivity contribution in [3.05, 3.63) is 12.2 Å². The molecule has 0 saturated heterocycles. The standard InChI is InChI=1S/C53H102O5/c1-3-5-7-9-11-13-15-16-17-18-19-20-21-22-23-24-25-26-27-28-29-30-31-32-33-34-35-36-38-39-41-43-45-47-52(55)57-50-51(49-54)58-53(56)48-46-44-42-40-37-14-12-10-8-6-4-2/h10,12,51,54H,3-9,11,13-50H2,1-2H3/b12-10-. The first-order chi connectivity index (χ1) is 28.6. The van der Waals surface area contributed by atoms with Gasteiger partial charge in [0.05, 0.1) is 6.61 Å². The van der Waals surface area contributed by atoms with Crippen LogP contribution in [0.4, 0.5) is 0 Å². The number of rotatable bonds is 49. The number of unbranched alkanes of at least 4 members (excludes halogenated alkanes) is 39. The van der Waals surface area contributed by atoms with Crippen LogP contribution in [0.3, 0.4) is 0 Å². The summed E-state index contributed by atoms with van der Waals surface area (Å²) >= 11 is 0. The van der Waals surface area contributed by atoms with Gasteiger partial charge in [0.2, 0.25) is 0 Å². The summed E-state index contributed by atoms with van der Waals surface area (Å²) in [4.78, 5) is 24.3. The highest BCUT2D eigenvalue weighted by Crippen LogP contribution is 2.17. The fourth-order valence-electron chi connectivity index (χ4n) is 8.07. The molecule has 0 aromatic rings. The van der Waals surface area contributed by atoms with E-state index >= 15 is 0 Å².